The van der Waals surface area contributed by atoms with Gasteiger partial charge in [0.25, 0.3) is 11.8 Å². The molecular formula is C27H25N7O2S. The van der Waals surface area contributed by atoms with Crippen molar-refractivity contribution in [3.63, 3.8) is 0 Å². The number of aryl methyl sites for hydroxylation is 1. The number of allylic oxidation sites excluding steroid dienone is 3. The molecule has 4 N–H and O–H groups in total. The lowest BCUT2D eigenvalue weighted by Gasteiger charge is -2.16. The zero-order valence-electron chi connectivity index (χ0n) is 20.8. The maximum absolute atomic E-state index is 13.0. The molecule has 2 amide bonds. The molecule has 0 aliphatic rings. The fourth-order valence-electron chi connectivity index (χ4n) is 3.14. The van der Waals surface area contributed by atoms with Crippen LogP contribution in [-0.2, 0) is 4.79 Å². The number of benzene rings is 1. The molecule has 0 atom stereocenters. The molecule has 10 heteroatoms. The van der Waals surface area contributed by atoms with Crippen molar-refractivity contribution in [2.45, 2.75) is 27.7 Å². The van der Waals surface area contributed by atoms with E-state index in [2.05, 4.69) is 33.2 Å². The zero-order valence-corrected chi connectivity index (χ0v) is 21.7. The molecule has 0 aliphatic heterocycles. The lowest BCUT2D eigenvalue weighted by Crippen LogP contribution is -2.17. The van der Waals surface area contributed by atoms with Gasteiger partial charge in [-0.1, -0.05) is 24.8 Å². The van der Waals surface area contributed by atoms with Gasteiger partial charge >= 0.3 is 0 Å². The molecule has 0 fully saturated rings. The Labute approximate surface area is 218 Å². The summed E-state index contributed by atoms with van der Waals surface area (Å²) in [4.78, 5) is 35.0. The summed E-state index contributed by atoms with van der Waals surface area (Å²) in [6.45, 7) is 11.0. The summed E-state index contributed by atoms with van der Waals surface area (Å²) < 4.78 is 0. The lowest BCUT2D eigenvalue weighted by atomic mass is 9.85. The highest BCUT2D eigenvalue weighted by Gasteiger charge is 2.22. The monoisotopic (exact) mass is 511 g/mol. The third kappa shape index (κ3) is 5.89. The van der Waals surface area contributed by atoms with Crippen LogP contribution >= 0.6 is 11.3 Å². The molecule has 1 aromatic carbocycles. The average molecular weight is 512 g/mol. The Morgan fingerprint density at radius 3 is 2.62 bits per heavy atom. The van der Waals surface area contributed by atoms with Crippen LogP contribution in [0.2, 0.25) is 0 Å². The van der Waals surface area contributed by atoms with Gasteiger partial charge in [0.1, 0.15) is 21.3 Å². The van der Waals surface area contributed by atoms with Crippen LogP contribution in [0.4, 0.5) is 17.1 Å². The number of carbonyl (C=O) groups excluding carboxylic acids is 2. The molecule has 0 bridgehead atoms. The number of fused-ring (bicyclic) bond motifs is 1. The van der Waals surface area contributed by atoms with Crippen LogP contribution in [0.15, 0.2) is 60.3 Å². The molecule has 0 radical (unpaired) electrons. The quantitative estimate of drug-likeness (QED) is 0.288. The zero-order chi connectivity index (χ0) is 27.3. The number of nitrogens with one attached hydrogen (secondary N) is 2. The summed E-state index contributed by atoms with van der Waals surface area (Å²) in [7, 11) is 0. The van der Waals surface area contributed by atoms with Gasteiger partial charge in [-0.15, -0.1) is 11.3 Å². The Hall–Kier alpha value is -4.80. The number of nitriles is 2. The summed E-state index contributed by atoms with van der Waals surface area (Å²) in [5.41, 5.74) is 8.39. The number of nitrogens with zero attached hydrogens (tertiary/aromatic N) is 4. The van der Waals surface area contributed by atoms with Crippen molar-refractivity contribution in [2.24, 2.45) is 5.41 Å². The van der Waals surface area contributed by atoms with E-state index in [1.54, 1.807) is 57.2 Å². The topological polar surface area (TPSA) is 158 Å². The Kier molecular flexibility index (Phi) is 7.86. The van der Waals surface area contributed by atoms with Crippen LogP contribution < -0.4 is 16.4 Å². The molecule has 2 heterocycles. The molecule has 0 saturated heterocycles. The van der Waals surface area contributed by atoms with Crippen LogP contribution in [0.1, 0.15) is 41.7 Å². The minimum Gasteiger partial charge on any atom is -0.396 e. The van der Waals surface area contributed by atoms with Gasteiger partial charge in [0.2, 0.25) is 0 Å². The molecule has 9 nitrogen and oxygen atoms in total. The predicted molar refractivity (Wildman–Crippen MR) is 146 cm³/mol. The Morgan fingerprint density at radius 2 is 1.97 bits per heavy atom. The number of thiophene rings is 1. The van der Waals surface area contributed by atoms with Crippen LogP contribution in [0.3, 0.4) is 0 Å². The minimum absolute atomic E-state index is 0.106. The Bertz CT molecular complexity index is 1570. The molecule has 37 heavy (non-hydrogen) atoms. The average Bonchev–Trinajstić information content (AvgIpc) is 3.21. The normalized spacial score (nSPS) is 11.7. The van der Waals surface area contributed by atoms with Crippen molar-refractivity contribution < 1.29 is 9.59 Å². The number of nitrogens with two attached hydrogens (primary N) is 1. The molecular weight excluding hydrogens is 486 g/mol. The van der Waals surface area contributed by atoms with Gasteiger partial charge in [-0.3, -0.25) is 9.59 Å². The number of carbonyl (C=O) groups is 2. The molecule has 0 unspecified atom stereocenters. The number of amides is 2. The van der Waals surface area contributed by atoms with E-state index < -0.39 is 17.2 Å². The van der Waals surface area contributed by atoms with Crippen molar-refractivity contribution in [2.75, 3.05) is 16.4 Å². The van der Waals surface area contributed by atoms with E-state index in [9.17, 15) is 14.9 Å². The summed E-state index contributed by atoms with van der Waals surface area (Å²) >= 11 is 1.07. The standard InChI is InChI=1S/C27H25N7O2S/c1-6-7-17(10-16(3)27(4,5)14-29)24(35)33-18-9-8-15(2)20(11-18)34-25(36)23-21(30)22-26(37-23)31-13-19(12-28)32-22/h6-11,13H,3,30H2,1-2,4-5H3,(H,33,35)(H,34,36)/b7-6-,17-10+. The van der Waals surface area contributed by atoms with Gasteiger partial charge in [0.05, 0.1) is 23.4 Å². The maximum atomic E-state index is 13.0. The molecule has 0 spiro atoms. The molecule has 3 aromatic rings. The summed E-state index contributed by atoms with van der Waals surface area (Å²) in [5, 5.41) is 24.0. The summed E-state index contributed by atoms with van der Waals surface area (Å²) in [6.07, 6.45) is 6.26. The van der Waals surface area contributed by atoms with Crippen molar-refractivity contribution in [1.29, 1.82) is 10.5 Å². The first-order chi connectivity index (χ1) is 17.5. The van der Waals surface area contributed by atoms with E-state index in [0.717, 1.165) is 16.9 Å². The summed E-state index contributed by atoms with van der Waals surface area (Å²) in [6, 6.07) is 9.19. The largest absolute Gasteiger partial charge is 0.396 e. The van der Waals surface area contributed by atoms with Crippen molar-refractivity contribution in [3.05, 3.63) is 76.5 Å². The highest BCUT2D eigenvalue weighted by Crippen LogP contribution is 2.32. The number of aromatic nitrogens is 2. The van der Waals surface area contributed by atoms with E-state index in [1.165, 1.54) is 6.20 Å². The second-order valence-corrected chi connectivity index (χ2v) is 9.66. The van der Waals surface area contributed by atoms with E-state index in [0.29, 0.717) is 32.9 Å². The van der Waals surface area contributed by atoms with Gasteiger partial charge in [0.15, 0.2) is 5.69 Å². The predicted octanol–water partition coefficient (Wildman–Crippen LogP) is 5.25. The number of anilines is 3. The number of nitrogen functional groups attached to an aromatic ring is 1. The minimum atomic E-state index is -0.829. The van der Waals surface area contributed by atoms with E-state index in [4.69, 9.17) is 11.0 Å². The first-order valence-electron chi connectivity index (χ1n) is 11.1. The first-order valence-corrected chi connectivity index (χ1v) is 12.0. The van der Waals surface area contributed by atoms with Gasteiger partial charge in [0, 0.05) is 16.9 Å². The molecule has 0 aliphatic carbocycles. The highest BCUT2D eigenvalue weighted by atomic mass is 32.1. The molecule has 0 saturated carbocycles. The van der Waals surface area contributed by atoms with Gasteiger partial charge in [-0.2, -0.15) is 10.5 Å². The first kappa shape index (κ1) is 26.8. The smallest absolute Gasteiger partial charge is 0.268 e. The van der Waals surface area contributed by atoms with Crippen LogP contribution in [-0.4, -0.2) is 21.8 Å². The van der Waals surface area contributed by atoms with Gasteiger partial charge in [-0.25, -0.2) is 9.97 Å². The number of rotatable bonds is 7. The third-order valence-electron chi connectivity index (χ3n) is 5.52. The van der Waals surface area contributed by atoms with E-state index in [1.807, 2.05) is 13.0 Å². The SMILES string of the molecule is C=C(/C=C(\C=C/C)C(=O)Nc1ccc(C)c(NC(=O)c2sc3ncc(C#N)nc3c2N)c1)C(C)(C)C#N. The Balaban J connectivity index is 1.85. The number of hydrogen-bond acceptors (Lipinski definition) is 8. The second-order valence-electron chi connectivity index (χ2n) is 8.67. The van der Waals surface area contributed by atoms with Crippen LogP contribution in [0, 0.1) is 35.0 Å². The molecule has 2 aromatic heterocycles. The van der Waals surface area contributed by atoms with Crippen LogP contribution in [0.5, 0.6) is 0 Å². The summed E-state index contributed by atoms with van der Waals surface area (Å²) in [5.74, 6) is -0.856. The van der Waals surface area contributed by atoms with Crippen LogP contribution in [0.25, 0.3) is 10.3 Å². The van der Waals surface area contributed by atoms with E-state index in [-0.39, 0.29) is 16.3 Å². The van der Waals surface area contributed by atoms with Gasteiger partial charge < -0.3 is 16.4 Å². The second kappa shape index (κ2) is 10.9. The Morgan fingerprint density at radius 1 is 1.24 bits per heavy atom. The fourth-order valence-corrected chi connectivity index (χ4v) is 4.04. The molecule has 186 valence electrons. The molecule has 3 rings (SSSR count). The third-order valence-corrected chi connectivity index (χ3v) is 6.62. The van der Waals surface area contributed by atoms with Crippen molar-refractivity contribution in [3.8, 4) is 12.1 Å². The number of hydrogen-bond donors (Lipinski definition) is 3. The highest BCUT2D eigenvalue weighted by molar-refractivity contribution is 7.21. The van der Waals surface area contributed by atoms with E-state index >= 15 is 0 Å². The van der Waals surface area contributed by atoms with Gasteiger partial charge in [-0.05, 0) is 57.0 Å². The fraction of sp³-hybridized carbons (Fsp3) is 0.185. The van der Waals surface area contributed by atoms with Crippen molar-refractivity contribution in [1.82, 2.24) is 9.97 Å². The van der Waals surface area contributed by atoms with Crippen molar-refractivity contribution >= 4 is 50.6 Å². The maximum Gasteiger partial charge on any atom is 0.268 e. The lowest BCUT2D eigenvalue weighted by molar-refractivity contribution is -0.112.